The number of carbonyl (C=O) groups is 1. The second-order valence-corrected chi connectivity index (χ2v) is 4.86. The quantitative estimate of drug-likeness (QED) is 0.785. The van der Waals surface area contributed by atoms with E-state index in [9.17, 15) is 22.4 Å². The zero-order valence-corrected chi connectivity index (χ0v) is 12.2. The van der Waals surface area contributed by atoms with Crippen LogP contribution >= 0.6 is 11.6 Å². The minimum Gasteiger partial charge on any atom is -0.456 e. The molecule has 0 spiro atoms. The predicted octanol–water partition coefficient (Wildman–Crippen LogP) is 5.06. The van der Waals surface area contributed by atoms with Gasteiger partial charge in [-0.25, -0.2) is 4.39 Å². The molecule has 0 saturated heterocycles. The molecule has 0 atom stereocenters. The topological polar surface area (TPSA) is 38.3 Å². The third kappa shape index (κ3) is 4.59. The van der Waals surface area contributed by atoms with E-state index in [0.717, 1.165) is 18.2 Å². The van der Waals surface area contributed by atoms with Gasteiger partial charge in [-0.15, -0.1) is 0 Å². The van der Waals surface area contributed by atoms with Gasteiger partial charge in [-0.1, -0.05) is 11.6 Å². The van der Waals surface area contributed by atoms with Crippen molar-refractivity contribution in [2.45, 2.75) is 6.18 Å². The highest BCUT2D eigenvalue weighted by atomic mass is 35.5. The van der Waals surface area contributed by atoms with Crippen LogP contribution in [0.4, 0.5) is 23.2 Å². The molecule has 0 fully saturated rings. The summed E-state index contributed by atoms with van der Waals surface area (Å²) < 4.78 is 55.1. The van der Waals surface area contributed by atoms with Crippen molar-refractivity contribution >= 4 is 23.2 Å². The molecule has 0 radical (unpaired) electrons. The number of halogens is 5. The first-order valence-corrected chi connectivity index (χ1v) is 6.68. The smallest absolute Gasteiger partial charge is 0.416 e. The van der Waals surface area contributed by atoms with Crippen molar-refractivity contribution in [3.8, 4) is 11.5 Å². The van der Waals surface area contributed by atoms with Crippen LogP contribution in [0.3, 0.4) is 0 Å². The normalized spacial score (nSPS) is 11.2. The van der Waals surface area contributed by atoms with Crippen molar-refractivity contribution < 1.29 is 27.1 Å². The first-order valence-electron chi connectivity index (χ1n) is 6.30. The summed E-state index contributed by atoms with van der Waals surface area (Å²) in [6, 6.07) is 8.58. The van der Waals surface area contributed by atoms with Gasteiger partial charge in [-0.05, 0) is 42.5 Å². The second-order valence-electron chi connectivity index (χ2n) is 4.45. The zero-order valence-electron chi connectivity index (χ0n) is 11.5. The average Bonchev–Trinajstić information content (AvgIpc) is 2.50. The van der Waals surface area contributed by atoms with Crippen LogP contribution < -0.4 is 10.1 Å². The number of carbonyl (C=O) groups excluding carboxylic acids is 1. The first kappa shape index (κ1) is 17.1. The van der Waals surface area contributed by atoms with Crippen molar-refractivity contribution in [3.63, 3.8) is 0 Å². The Bertz CT molecular complexity index is 702. The second kappa shape index (κ2) is 6.87. The van der Waals surface area contributed by atoms with Crippen LogP contribution in [-0.4, -0.2) is 12.6 Å². The van der Waals surface area contributed by atoms with Gasteiger partial charge in [0.05, 0.1) is 10.6 Å². The molecule has 0 aliphatic carbocycles. The maximum absolute atomic E-state index is 12.5. The molecule has 0 bridgehead atoms. The lowest BCUT2D eigenvalue weighted by Gasteiger charge is -2.11. The molecule has 23 heavy (non-hydrogen) atoms. The Kier molecular flexibility index (Phi) is 5.10. The van der Waals surface area contributed by atoms with Gasteiger partial charge in [-0.2, -0.15) is 13.2 Å². The van der Waals surface area contributed by atoms with E-state index in [1.165, 1.54) is 24.3 Å². The number of rotatable bonds is 4. The fraction of sp³-hybridized carbons (Fsp3) is 0.133. The standard InChI is InChI=1S/C15H10ClF4NO2/c16-12-7-9(15(18,19)20)1-6-13(12)23-11-4-2-10(3-5-11)21-14(22)8-17/h1-7H,8H2,(H,21,22). The maximum atomic E-state index is 12.5. The van der Waals surface area contributed by atoms with E-state index in [0.29, 0.717) is 11.4 Å². The lowest BCUT2D eigenvalue weighted by atomic mass is 10.2. The Labute approximate surface area is 133 Å². The molecule has 2 aromatic rings. The van der Waals surface area contributed by atoms with Crippen LogP contribution in [0, 0.1) is 0 Å². The van der Waals surface area contributed by atoms with E-state index in [4.69, 9.17) is 16.3 Å². The molecule has 0 aromatic heterocycles. The fourth-order valence-corrected chi connectivity index (χ4v) is 1.91. The number of ether oxygens (including phenoxy) is 1. The van der Waals surface area contributed by atoms with Crippen molar-refractivity contribution in [2.24, 2.45) is 0 Å². The summed E-state index contributed by atoms with van der Waals surface area (Å²) in [4.78, 5) is 10.9. The number of anilines is 1. The molecule has 122 valence electrons. The zero-order chi connectivity index (χ0) is 17.0. The Hall–Kier alpha value is -2.28. The molecule has 3 nitrogen and oxygen atoms in total. The van der Waals surface area contributed by atoms with Crippen molar-refractivity contribution in [3.05, 3.63) is 53.1 Å². The van der Waals surface area contributed by atoms with E-state index >= 15 is 0 Å². The largest absolute Gasteiger partial charge is 0.456 e. The number of benzene rings is 2. The molecule has 0 saturated carbocycles. The van der Waals surface area contributed by atoms with E-state index in [1.54, 1.807) is 0 Å². The Morgan fingerprint density at radius 1 is 1.13 bits per heavy atom. The molecule has 0 heterocycles. The van der Waals surface area contributed by atoms with Gasteiger partial charge in [0, 0.05) is 5.69 Å². The lowest BCUT2D eigenvalue weighted by molar-refractivity contribution is -0.137. The van der Waals surface area contributed by atoms with Crippen molar-refractivity contribution in [1.82, 2.24) is 0 Å². The predicted molar refractivity (Wildman–Crippen MR) is 77.6 cm³/mol. The molecule has 0 aliphatic heterocycles. The average molecular weight is 348 g/mol. The minimum absolute atomic E-state index is 0.0558. The monoisotopic (exact) mass is 347 g/mol. The lowest BCUT2D eigenvalue weighted by Crippen LogP contribution is -2.12. The molecule has 8 heteroatoms. The van der Waals surface area contributed by atoms with E-state index in [-0.39, 0.29) is 10.8 Å². The number of hydrogen-bond acceptors (Lipinski definition) is 2. The number of nitrogens with one attached hydrogen (secondary N) is 1. The highest BCUT2D eigenvalue weighted by Gasteiger charge is 2.31. The van der Waals surface area contributed by atoms with E-state index < -0.39 is 24.3 Å². The molecule has 1 N–H and O–H groups in total. The van der Waals surface area contributed by atoms with Gasteiger partial charge in [0.2, 0.25) is 0 Å². The molecule has 2 rings (SSSR count). The van der Waals surface area contributed by atoms with E-state index in [2.05, 4.69) is 5.32 Å². The third-order valence-corrected chi connectivity index (χ3v) is 3.04. The Balaban J connectivity index is 2.12. The maximum Gasteiger partial charge on any atom is 0.416 e. The van der Waals surface area contributed by atoms with Crippen LogP contribution in [0.1, 0.15) is 5.56 Å². The van der Waals surface area contributed by atoms with Gasteiger partial charge in [-0.3, -0.25) is 4.79 Å². The molecule has 0 aliphatic rings. The summed E-state index contributed by atoms with van der Waals surface area (Å²) in [6.45, 7) is -1.14. The van der Waals surface area contributed by atoms with Crippen molar-refractivity contribution in [1.29, 1.82) is 0 Å². The minimum atomic E-state index is -4.49. The summed E-state index contributed by atoms with van der Waals surface area (Å²) in [5, 5.41) is 2.11. The SMILES string of the molecule is O=C(CF)Nc1ccc(Oc2ccc(C(F)(F)F)cc2Cl)cc1. The summed E-state index contributed by atoms with van der Waals surface area (Å²) in [5.41, 5.74) is -0.516. The van der Waals surface area contributed by atoms with Crippen LogP contribution in [-0.2, 0) is 11.0 Å². The van der Waals surface area contributed by atoms with Gasteiger partial charge in [0.25, 0.3) is 5.91 Å². The van der Waals surface area contributed by atoms with Gasteiger partial charge >= 0.3 is 6.18 Å². The van der Waals surface area contributed by atoms with Gasteiger partial charge < -0.3 is 10.1 Å². The summed E-state index contributed by atoms with van der Waals surface area (Å²) in [6.07, 6.45) is -4.49. The van der Waals surface area contributed by atoms with Crippen LogP contribution in [0.2, 0.25) is 5.02 Å². The van der Waals surface area contributed by atoms with E-state index in [1.807, 2.05) is 0 Å². The van der Waals surface area contributed by atoms with Gasteiger partial charge in [0.1, 0.15) is 11.5 Å². The van der Waals surface area contributed by atoms with Crippen LogP contribution in [0.5, 0.6) is 11.5 Å². The number of alkyl halides is 4. The van der Waals surface area contributed by atoms with Crippen molar-refractivity contribution in [2.75, 3.05) is 12.0 Å². The van der Waals surface area contributed by atoms with Crippen LogP contribution in [0.25, 0.3) is 0 Å². The van der Waals surface area contributed by atoms with Gasteiger partial charge in [0.15, 0.2) is 6.67 Å². The molecule has 2 aromatic carbocycles. The molecular formula is C15H10ClF4NO2. The molecule has 1 amide bonds. The first-order chi connectivity index (χ1) is 10.8. The molecule has 0 unspecified atom stereocenters. The third-order valence-electron chi connectivity index (χ3n) is 2.75. The fourth-order valence-electron chi connectivity index (χ4n) is 1.69. The number of hydrogen-bond donors (Lipinski definition) is 1. The molecular weight excluding hydrogens is 338 g/mol. The highest BCUT2D eigenvalue weighted by Crippen LogP contribution is 2.36. The number of amides is 1. The summed E-state index contributed by atoms with van der Waals surface area (Å²) in [7, 11) is 0. The summed E-state index contributed by atoms with van der Waals surface area (Å²) in [5.74, 6) is -0.436. The van der Waals surface area contributed by atoms with Crippen LogP contribution in [0.15, 0.2) is 42.5 Å². The highest BCUT2D eigenvalue weighted by molar-refractivity contribution is 6.32. The summed E-state index contributed by atoms with van der Waals surface area (Å²) >= 11 is 5.78. The Morgan fingerprint density at radius 3 is 2.30 bits per heavy atom. The Morgan fingerprint density at radius 2 is 1.78 bits per heavy atom.